The highest BCUT2D eigenvalue weighted by atomic mass is 79.9. The van der Waals surface area contributed by atoms with Crippen LogP contribution in [0.2, 0.25) is 0 Å². The van der Waals surface area contributed by atoms with E-state index in [9.17, 15) is 4.79 Å². The van der Waals surface area contributed by atoms with Crippen LogP contribution in [0, 0.1) is 12.8 Å². The maximum absolute atomic E-state index is 12.0. The van der Waals surface area contributed by atoms with Gasteiger partial charge >= 0.3 is 0 Å². The molecular formula is C53H73BrN14O2S. The number of aromatic nitrogens is 2. The summed E-state index contributed by atoms with van der Waals surface area (Å²) in [5.74, 6) is 2.38. The molecule has 3 saturated heterocycles. The molecule has 0 spiro atoms. The summed E-state index contributed by atoms with van der Waals surface area (Å²) in [7, 11) is 3.46. The van der Waals surface area contributed by atoms with Crippen LogP contribution in [0.25, 0.3) is 5.57 Å². The normalized spacial score (nSPS) is 17.8. The molecule has 6 N–H and O–H groups in total. The molecule has 0 radical (unpaired) electrons. The molecule has 18 heteroatoms. The molecule has 0 bridgehead atoms. The summed E-state index contributed by atoms with van der Waals surface area (Å²) in [5, 5.41) is 10.4. The molecule has 4 aliphatic rings. The molecule has 1 atom stereocenters. The molecule has 3 aromatic carbocycles. The minimum absolute atomic E-state index is 0.247. The van der Waals surface area contributed by atoms with Crippen LogP contribution in [-0.4, -0.2) is 141 Å². The van der Waals surface area contributed by atoms with Crippen molar-refractivity contribution in [2.24, 2.45) is 21.6 Å². The summed E-state index contributed by atoms with van der Waals surface area (Å²) in [6, 6.07) is 15.8. The third-order valence-electron chi connectivity index (χ3n) is 14.6. The number of benzene rings is 3. The van der Waals surface area contributed by atoms with E-state index in [1.165, 1.54) is 48.1 Å². The third-order valence-corrected chi connectivity index (χ3v) is 15.6. The van der Waals surface area contributed by atoms with E-state index in [4.69, 9.17) is 15.5 Å². The highest BCUT2D eigenvalue weighted by Gasteiger charge is 2.31. The fourth-order valence-corrected chi connectivity index (χ4v) is 11.2. The van der Waals surface area contributed by atoms with E-state index in [0.29, 0.717) is 46.8 Å². The van der Waals surface area contributed by atoms with Gasteiger partial charge in [-0.05, 0) is 109 Å². The van der Waals surface area contributed by atoms with Crippen molar-refractivity contribution in [3.05, 3.63) is 76.0 Å². The van der Waals surface area contributed by atoms with Crippen LogP contribution in [0.15, 0.2) is 69.3 Å². The Morgan fingerprint density at radius 1 is 1.03 bits per heavy atom. The first-order valence-corrected chi connectivity index (χ1v) is 27.3. The SMILES string of the molecule is CCCC(C)N(C=O)Cc1cc(N2CCC(CN3CCN(C4CCN(c5cc(OC)c(Nc6ncc(Br)c(Nc7ccc8c(c7NSC)NCC=N8)n6)cc5/C(C=NC)=C/N)CC4)CC3)CC2)ccc1C. The van der Waals surface area contributed by atoms with Gasteiger partial charge < -0.3 is 50.7 Å². The van der Waals surface area contributed by atoms with Crippen LogP contribution >= 0.6 is 27.9 Å². The molecule has 4 aromatic rings. The van der Waals surface area contributed by atoms with Gasteiger partial charge in [-0.1, -0.05) is 31.4 Å². The van der Waals surface area contributed by atoms with Gasteiger partial charge in [0, 0.05) is 144 Å². The number of hydrogen-bond acceptors (Lipinski definition) is 16. The van der Waals surface area contributed by atoms with Crippen LogP contribution in [0.5, 0.6) is 5.75 Å². The summed E-state index contributed by atoms with van der Waals surface area (Å²) >= 11 is 5.17. The van der Waals surface area contributed by atoms with E-state index >= 15 is 0 Å². The number of piperidine rings is 2. The average molecular weight is 1050 g/mol. The molecule has 5 heterocycles. The lowest BCUT2D eigenvalue weighted by molar-refractivity contribution is -0.120. The highest BCUT2D eigenvalue weighted by Crippen LogP contribution is 2.43. The van der Waals surface area contributed by atoms with Crippen molar-refractivity contribution in [3.63, 3.8) is 0 Å². The Hall–Kier alpha value is -5.56. The predicted molar refractivity (Wildman–Crippen MR) is 301 cm³/mol. The zero-order valence-corrected chi connectivity index (χ0v) is 44.8. The number of methoxy groups -OCH3 is 1. The van der Waals surface area contributed by atoms with Gasteiger partial charge in [-0.2, -0.15) is 4.98 Å². The quantitative estimate of drug-likeness (QED) is 0.0323. The molecule has 380 valence electrons. The minimum Gasteiger partial charge on any atom is -0.494 e. The Bertz CT molecular complexity index is 2540. The molecular weight excluding hydrogens is 977 g/mol. The van der Waals surface area contributed by atoms with Crippen molar-refractivity contribution >= 4 is 104 Å². The van der Waals surface area contributed by atoms with Gasteiger partial charge in [-0.3, -0.25) is 19.7 Å². The van der Waals surface area contributed by atoms with Gasteiger partial charge in [0.05, 0.1) is 46.6 Å². The van der Waals surface area contributed by atoms with E-state index in [1.807, 2.05) is 35.7 Å². The fraction of sp³-hybridized carbons (Fsp3) is 0.491. The Kier molecular flexibility index (Phi) is 18.0. The first kappa shape index (κ1) is 51.8. The Labute approximate surface area is 433 Å². The second kappa shape index (κ2) is 24.7. The second-order valence-corrected chi connectivity index (χ2v) is 20.6. The van der Waals surface area contributed by atoms with Crippen molar-refractivity contribution in [1.82, 2.24) is 24.7 Å². The van der Waals surface area contributed by atoms with Crippen LogP contribution < -0.4 is 40.9 Å². The van der Waals surface area contributed by atoms with Gasteiger partial charge in [0.15, 0.2) is 0 Å². The maximum Gasteiger partial charge on any atom is 0.229 e. The van der Waals surface area contributed by atoms with Crippen molar-refractivity contribution in [1.29, 1.82) is 0 Å². The number of nitrogens with one attached hydrogen (secondary N) is 4. The van der Waals surface area contributed by atoms with Gasteiger partial charge in [0.2, 0.25) is 12.4 Å². The zero-order valence-electron chi connectivity index (χ0n) is 42.4. The predicted octanol–water partition coefficient (Wildman–Crippen LogP) is 9.51. The number of nitrogens with two attached hydrogens (primary N) is 1. The second-order valence-electron chi connectivity index (χ2n) is 19.1. The summed E-state index contributed by atoms with van der Waals surface area (Å²) < 4.78 is 10.2. The number of fused-ring (bicyclic) bond motifs is 1. The molecule has 1 amide bonds. The number of ether oxygens (including phenoxy) is 1. The lowest BCUT2D eigenvalue weighted by Crippen LogP contribution is -2.54. The number of anilines is 8. The third kappa shape index (κ3) is 12.6. The number of carbonyl (C=O) groups excluding carboxylic acids is 1. The summed E-state index contributed by atoms with van der Waals surface area (Å²) in [6.45, 7) is 17.5. The van der Waals surface area contributed by atoms with Crippen LogP contribution in [0.1, 0.15) is 69.1 Å². The van der Waals surface area contributed by atoms with Crippen molar-refractivity contribution in [3.8, 4) is 5.75 Å². The molecule has 8 rings (SSSR count). The number of carbonyl (C=O) groups is 1. The Balaban J connectivity index is 0.865. The number of halogens is 1. The lowest BCUT2D eigenvalue weighted by atomic mass is 9.94. The van der Waals surface area contributed by atoms with E-state index < -0.39 is 0 Å². The van der Waals surface area contributed by atoms with Crippen LogP contribution in [0.3, 0.4) is 0 Å². The molecule has 4 aliphatic heterocycles. The first-order chi connectivity index (χ1) is 34.6. The van der Waals surface area contributed by atoms with Gasteiger partial charge in [-0.15, -0.1) is 0 Å². The van der Waals surface area contributed by atoms with Crippen LogP contribution in [-0.2, 0) is 11.3 Å². The number of aliphatic imine (C=N–C) groups is 2. The number of aryl methyl sites for hydroxylation is 1. The Morgan fingerprint density at radius 3 is 2.51 bits per heavy atom. The summed E-state index contributed by atoms with van der Waals surface area (Å²) in [5.41, 5.74) is 17.2. The van der Waals surface area contributed by atoms with Gasteiger partial charge in [0.1, 0.15) is 11.6 Å². The zero-order chi connectivity index (χ0) is 49.9. The topological polar surface area (TPSA) is 167 Å². The molecule has 0 aliphatic carbocycles. The molecule has 1 unspecified atom stereocenters. The lowest BCUT2D eigenvalue weighted by Gasteiger charge is -2.44. The Morgan fingerprint density at radius 2 is 1.80 bits per heavy atom. The largest absolute Gasteiger partial charge is 0.494 e. The number of hydrogen-bond donors (Lipinski definition) is 5. The van der Waals surface area contributed by atoms with E-state index in [0.717, 1.165) is 130 Å². The number of allylic oxidation sites excluding steroid dienone is 1. The summed E-state index contributed by atoms with van der Waals surface area (Å²) in [4.78, 5) is 42.9. The number of nitrogens with zero attached hydrogens (tertiary/aromatic N) is 9. The van der Waals surface area contributed by atoms with E-state index in [2.05, 4.69) is 122 Å². The molecule has 1 aromatic heterocycles. The van der Waals surface area contributed by atoms with Crippen molar-refractivity contribution < 1.29 is 9.53 Å². The fourth-order valence-electron chi connectivity index (χ4n) is 10.5. The standard InChI is InChI=1S/C53H73BrN14O2S/c1-7-8-37(3)68(35-69)34-39-27-42(10-9-36(39)2)65-19-13-38(14-20-65)33-64-23-25-66(26-24-64)41-15-21-67(22-16-41)48-29-49(70-5)47(28-43(48)40(30-55)31-56-4)61-53-59-32-44(54)52(62-53)60-46-12-11-45-50(51(46)63-71-6)58-18-17-57-45/h9-12,17,27-32,35,37-38,41,58,63H,7-8,13-16,18-26,33-34,55H2,1-6H3,(H2,59,60,61,62)/b40-30+,56-31?. The van der Waals surface area contributed by atoms with E-state index in [1.54, 1.807) is 26.6 Å². The highest BCUT2D eigenvalue weighted by molar-refractivity contribution is 9.10. The van der Waals surface area contributed by atoms with Gasteiger partial charge in [-0.25, -0.2) is 4.98 Å². The van der Waals surface area contributed by atoms with Crippen LogP contribution in [0.4, 0.5) is 51.6 Å². The molecule has 3 fully saturated rings. The minimum atomic E-state index is 0.247. The van der Waals surface area contributed by atoms with Crippen molar-refractivity contribution in [2.45, 2.75) is 77.9 Å². The monoisotopic (exact) mass is 1050 g/mol. The number of piperazine rings is 1. The average Bonchev–Trinajstić information content (AvgIpc) is 3.39. The molecule has 71 heavy (non-hydrogen) atoms. The van der Waals surface area contributed by atoms with E-state index in [-0.39, 0.29) is 6.04 Å². The summed E-state index contributed by atoms with van der Waals surface area (Å²) in [6.07, 6.45) is 16.7. The molecule has 16 nitrogen and oxygen atoms in total. The maximum atomic E-state index is 12.0. The first-order valence-electron chi connectivity index (χ1n) is 25.3. The molecule has 0 saturated carbocycles. The smallest absolute Gasteiger partial charge is 0.229 e. The van der Waals surface area contributed by atoms with Crippen molar-refractivity contribution in [2.75, 3.05) is 116 Å². The number of amides is 1. The van der Waals surface area contributed by atoms with Gasteiger partial charge in [0.25, 0.3) is 0 Å². The number of rotatable bonds is 20.